The number of hydrazine groups is 2. The standard InChI is InChI=1S/C27H46O.C4H10N4O2/c1-18(2)7-6-8-19(3)23-11-12-24-22-10-9-20-17-21(28)13-15-26(20,4)25(22)14-16-27(23,24)5;5-7-3(9)1-2-4(10)8-6/h9,18-19,21-25,28H,6-8,10-17H2,1-5H3;1-2,5-6H2,(H,7,9)(H,8,10)/t19?,21-,22-,23+,24-,25-,26-,27+;/m0./s1. The van der Waals surface area contributed by atoms with Crippen LogP contribution in [0.2, 0.25) is 0 Å². The van der Waals surface area contributed by atoms with E-state index in [0.717, 1.165) is 48.3 Å². The molecule has 0 radical (unpaired) electrons. The van der Waals surface area contributed by atoms with Gasteiger partial charge in [0.05, 0.1) is 6.10 Å². The number of aliphatic hydroxyl groups is 1. The van der Waals surface area contributed by atoms with Crippen molar-refractivity contribution in [1.29, 1.82) is 0 Å². The second-order valence-electron chi connectivity index (χ2n) is 13.8. The Morgan fingerprint density at radius 3 is 2.24 bits per heavy atom. The van der Waals surface area contributed by atoms with Gasteiger partial charge >= 0.3 is 0 Å². The summed E-state index contributed by atoms with van der Waals surface area (Å²) >= 11 is 0. The van der Waals surface area contributed by atoms with Crippen LogP contribution in [0, 0.1) is 46.3 Å². The van der Waals surface area contributed by atoms with Crippen LogP contribution in [0.5, 0.6) is 0 Å². The van der Waals surface area contributed by atoms with E-state index in [0.29, 0.717) is 10.8 Å². The van der Waals surface area contributed by atoms with Crippen molar-refractivity contribution in [3.8, 4) is 0 Å². The molecule has 8 atom stereocenters. The summed E-state index contributed by atoms with van der Waals surface area (Å²) in [6.07, 6.45) is 17.3. The van der Waals surface area contributed by atoms with Crippen molar-refractivity contribution in [2.45, 2.75) is 124 Å². The van der Waals surface area contributed by atoms with Crippen LogP contribution in [0.1, 0.15) is 118 Å². The molecule has 0 aliphatic heterocycles. The van der Waals surface area contributed by atoms with E-state index < -0.39 is 0 Å². The van der Waals surface area contributed by atoms with Gasteiger partial charge in [0, 0.05) is 12.8 Å². The highest BCUT2D eigenvalue weighted by Crippen LogP contribution is 2.67. The maximum atomic E-state index is 10.4. The molecule has 2 amide bonds. The Kier molecular flexibility index (Phi) is 10.9. The Morgan fingerprint density at radius 1 is 0.974 bits per heavy atom. The Labute approximate surface area is 231 Å². The number of hydrogen-bond acceptors (Lipinski definition) is 5. The van der Waals surface area contributed by atoms with Crippen LogP contribution in [0.3, 0.4) is 0 Å². The third-order valence-electron chi connectivity index (χ3n) is 11.2. The Balaban J connectivity index is 0.000000342. The molecule has 7 N–H and O–H groups in total. The number of carbonyl (C=O) groups excluding carboxylic acids is 2. The van der Waals surface area contributed by atoms with Crippen molar-refractivity contribution >= 4 is 11.8 Å². The van der Waals surface area contributed by atoms with Gasteiger partial charge < -0.3 is 5.11 Å². The number of hydrogen-bond donors (Lipinski definition) is 5. The van der Waals surface area contributed by atoms with E-state index in [1.54, 1.807) is 5.57 Å². The van der Waals surface area contributed by atoms with Crippen LogP contribution in [0.4, 0.5) is 0 Å². The van der Waals surface area contributed by atoms with Gasteiger partial charge in [0.25, 0.3) is 0 Å². The average molecular weight is 533 g/mol. The van der Waals surface area contributed by atoms with Crippen LogP contribution >= 0.6 is 0 Å². The predicted molar refractivity (Wildman–Crippen MR) is 153 cm³/mol. The summed E-state index contributed by atoms with van der Waals surface area (Å²) < 4.78 is 0. The van der Waals surface area contributed by atoms with E-state index in [9.17, 15) is 14.7 Å². The van der Waals surface area contributed by atoms with Crippen LogP contribution in [0.15, 0.2) is 11.6 Å². The summed E-state index contributed by atoms with van der Waals surface area (Å²) in [6.45, 7) is 12.6. The van der Waals surface area contributed by atoms with Gasteiger partial charge in [-0.1, -0.05) is 65.5 Å². The highest BCUT2D eigenvalue weighted by Gasteiger charge is 2.59. The molecular formula is C31H56N4O3. The number of rotatable bonds is 8. The summed E-state index contributed by atoms with van der Waals surface area (Å²) in [6, 6.07) is 0. The van der Waals surface area contributed by atoms with Gasteiger partial charge in [0.1, 0.15) is 0 Å². The van der Waals surface area contributed by atoms with Crippen molar-refractivity contribution < 1.29 is 14.7 Å². The summed E-state index contributed by atoms with van der Waals surface area (Å²) in [5.41, 5.74) is 6.37. The summed E-state index contributed by atoms with van der Waals surface area (Å²) in [5.74, 6) is 14.2. The highest BCUT2D eigenvalue weighted by molar-refractivity contribution is 5.82. The molecule has 3 fully saturated rings. The summed E-state index contributed by atoms with van der Waals surface area (Å²) in [4.78, 5) is 20.8. The van der Waals surface area contributed by atoms with E-state index in [4.69, 9.17) is 11.7 Å². The number of carbonyl (C=O) groups is 2. The zero-order chi connectivity index (χ0) is 28.1. The molecule has 0 saturated heterocycles. The van der Waals surface area contributed by atoms with Crippen LogP contribution in [0.25, 0.3) is 0 Å². The number of nitrogens with two attached hydrogens (primary N) is 2. The molecule has 4 rings (SSSR count). The number of fused-ring (bicyclic) bond motifs is 5. The molecule has 1 unspecified atom stereocenters. The largest absolute Gasteiger partial charge is 0.393 e. The molecule has 218 valence electrons. The maximum Gasteiger partial charge on any atom is 0.234 e. The van der Waals surface area contributed by atoms with E-state index in [-0.39, 0.29) is 30.8 Å². The molecular weight excluding hydrogens is 476 g/mol. The van der Waals surface area contributed by atoms with Crippen LogP contribution < -0.4 is 22.5 Å². The molecule has 4 aliphatic rings. The van der Waals surface area contributed by atoms with Crippen molar-refractivity contribution in [2.24, 2.45) is 58.0 Å². The Hall–Kier alpha value is -1.44. The van der Waals surface area contributed by atoms with Gasteiger partial charge in [-0.15, -0.1) is 0 Å². The predicted octanol–water partition coefficient (Wildman–Crippen LogP) is 5.14. The van der Waals surface area contributed by atoms with Gasteiger partial charge in [0.2, 0.25) is 11.8 Å². The van der Waals surface area contributed by atoms with Crippen molar-refractivity contribution in [3.63, 3.8) is 0 Å². The van der Waals surface area contributed by atoms with Gasteiger partial charge in [-0.2, -0.15) is 0 Å². The molecule has 0 spiro atoms. The molecule has 0 aromatic rings. The monoisotopic (exact) mass is 532 g/mol. The Bertz CT molecular complexity index is 829. The van der Waals surface area contributed by atoms with Crippen LogP contribution in [-0.2, 0) is 9.59 Å². The van der Waals surface area contributed by atoms with E-state index in [2.05, 4.69) is 40.7 Å². The molecule has 0 bridgehead atoms. The number of allylic oxidation sites excluding steroid dienone is 1. The molecule has 0 aromatic heterocycles. The fourth-order valence-electron chi connectivity index (χ4n) is 9.04. The average Bonchev–Trinajstić information content (AvgIpc) is 3.24. The topological polar surface area (TPSA) is 130 Å². The zero-order valence-electron chi connectivity index (χ0n) is 24.7. The second-order valence-corrected chi connectivity index (χ2v) is 13.8. The molecule has 0 heterocycles. The minimum absolute atomic E-state index is 0.0551. The second kappa shape index (κ2) is 13.3. The molecule has 0 aromatic carbocycles. The summed E-state index contributed by atoms with van der Waals surface area (Å²) in [5, 5.41) is 10.2. The lowest BCUT2D eigenvalue weighted by atomic mass is 9.47. The third kappa shape index (κ3) is 6.82. The highest BCUT2D eigenvalue weighted by atomic mass is 16.3. The molecule has 7 heteroatoms. The minimum Gasteiger partial charge on any atom is -0.393 e. The van der Waals surface area contributed by atoms with Crippen molar-refractivity contribution in [2.75, 3.05) is 0 Å². The van der Waals surface area contributed by atoms with Crippen LogP contribution in [-0.4, -0.2) is 23.0 Å². The first-order chi connectivity index (χ1) is 18.0. The third-order valence-corrected chi connectivity index (χ3v) is 11.2. The fraction of sp³-hybridized carbons (Fsp3) is 0.871. The smallest absolute Gasteiger partial charge is 0.234 e. The quantitative estimate of drug-likeness (QED) is 0.128. The van der Waals surface area contributed by atoms with E-state index in [1.165, 1.54) is 57.8 Å². The number of amides is 2. The van der Waals surface area contributed by atoms with Crippen molar-refractivity contribution in [3.05, 3.63) is 11.6 Å². The van der Waals surface area contributed by atoms with E-state index in [1.807, 2.05) is 10.9 Å². The number of nitrogens with one attached hydrogen (secondary N) is 2. The first kappa shape index (κ1) is 31.1. The van der Waals surface area contributed by atoms with Gasteiger partial charge in [-0.3, -0.25) is 20.4 Å². The van der Waals surface area contributed by atoms with Gasteiger partial charge in [0.15, 0.2) is 0 Å². The maximum absolute atomic E-state index is 10.4. The molecule has 7 nitrogen and oxygen atoms in total. The van der Waals surface area contributed by atoms with Gasteiger partial charge in [-0.25, -0.2) is 11.7 Å². The van der Waals surface area contributed by atoms with Gasteiger partial charge in [-0.05, 0) is 97.7 Å². The summed E-state index contributed by atoms with van der Waals surface area (Å²) in [7, 11) is 0. The lowest BCUT2D eigenvalue weighted by Crippen LogP contribution is -2.50. The SMILES string of the molecule is CC(C)CCCC(C)[C@H]1CC[C@H]2[C@@H]3CC=C4C[C@@H](O)CC[C@]4(C)[C@H]3CC[C@]12C.NNC(=O)CCC(=O)NN. The normalized spacial score (nSPS) is 36.6. The first-order valence-electron chi connectivity index (χ1n) is 15.3. The lowest BCUT2D eigenvalue weighted by Gasteiger charge is -2.58. The minimum atomic E-state index is -0.386. The number of aliphatic hydroxyl groups excluding tert-OH is 1. The molecule has 4 aliphatic carbocycles. The lowest BCUT2D eigenvalue weighted by molar-refractivity contribution is -0.126. The van der Waals surface area contributed by atoms with Crippen molar-refractivity contribution in [1.82, 2.24) is 10.9 Å². The van der Waals surface area contributed by atoms with E-state index >= 15 is 0 Å². The molecule has 38 heavy (non-hydrogen) atoms. The fourth-order valence-corrected chi connectivity index (χ4v) is 9.04. The first-order valence-corrected chi connectivity index (χ1v) is 15.3. The zero-order valence-corrected chi connectivity index (χ0v) is 24.7. The molecule has 3 saturated carbocycles. The Morgan fingerprint density at radius 2 is 1.63 bits per heavy atom.